The molecule has 0 fully saturated rings. The van der Waals surface area contributed by atoms with Gasteiger partial charge in [0.25, 0.3) is 0 Å². The van der Waals surface area contributed by atoms with E-state index in [9.17, 15) is 28.8 Å². The van der Waals surface area contributed by atoms with Crippen molar-refractivity contribution in [3.63, 3.8) is 0 Å². The number of ether oxygens (including phenoxy) is 6. The van der Waals surface area contributed by atoms with Crippen molar-refractivity contribution < 1.29 is 57.2 Å². The molecule has 3 heterocycles. The van der Waals surface area contributed by atoms with Gasteiger partial charge in [0.15, 0.2) is 0 Å². The van der Waals surface area contributed by atoms with Crippen LogP contribution in [0.1, 0.15) is 104 Å². The topological polar surface area (TPSA) is 158 Å². The van der Waals surface area contributed by atoms with Crippen molar-refractivity contribution in [2.45, 2.75) is 41.5 Å². The lowest BCUT2D eigenvalue weighted by molar-refractivity contribution is 0.0480. The van der Waals surface area contributed by atoms with Gasteiger partial charge in [-0.2, -0.15) is 0 Å². The summed E-state index contributed by atoms with van der Waals surface area (Å²) in [4.78, 5) is 78.1. The summed E-state index contributed by atoms with van der Waals surface area (Å²) in [7, 11) is -4.41. The zero-order chi connectivity index (χ0) is 34.0. The third-order valence-corrected chi connectivity index (χ3v) is 27.4. The fraction of sp³-hybridized carbons (Fsp3) is 0.400. The Balaban J connectivity index is 2.40. The summed E-state index contributed by atoms with van der Waals surface area (Å²) in [5, 5.41) is 0. The molecule has 0 aliphatic heterocycles. The molecule has 0 bridgehead atoms. The van der Waals surface area contributed by atoms with Gasteiger partial charge >= 0.3 is 35.8 Å². The minimum absolute atomic E-state index is 0.0516. The highest BCUT2D eigenvalue weighted by atomic mass is 32.7. The summed E-state index contributed by atoms with van der Waals surface area (Å²) in [6.07, 6.45) is 0. The zero-order valence-corrected chi connectivity index (χ0v) is 30.0. The fourth-order valence-electron chi connectivity index (χ4n) is 4.22. The Hall–Kier alpha value is -3.41. The molecule has 0 radical (unpaired) electrons. The molecule has 3 aromatic heterocycles. The highest BCUT2D eigenvalue weighted by Gasteiger charge is 2.32. The largest absolute Gasteiger partial charge is 0.462 e. The third kappa shape index (κ3) is 8.49. The molecule has 0 aromatic carbocycles. The van der Waals surface area contributed by atoms with Gasteiger partial charge in [-0.1, -0.05) is 21.7 Å². The average Bonchev–Trinajstić information content (AvgIpc) is 3.76. The molecule has 0 aliphatic rings. The number of carbonyl (C=O) groups excluding carboxylic acids is 6. The van der Waals surface area contributed by atoms with Crippen molar-refractivity contribution in [2.75, 3.05) is 39.6 Å². The molecule has 0 atom stereocenters. The van der Waals surface area contributed by atoms with Gasteiger partial charge in [-0.25, -0.2) is 28.8 Å². The maximum Gasteiger partial charge on any atom is 0.339 e. The van der Waals surface area contributed by atoms with Crippen LogP contribution in [0.2, 0.25) is 0 Å². The van der Waals surface area contributed by atoms with Crippen LogP contribution in [0.15, 0.2) is 34.8 Å². The predicted octanol–water partition coefficient (Wildman–Crippen LogP) is 7.88. The van der Waals surface area contributed by atoms with E-state index in [1.165, 1.54) is 0 Å². The second-order valence-electron chi connectivity index (χ2n) is 8.99. The first-order valence-electron chi connectivity index (χ1n) is 14.6. The Morgan fingerprint density at radius 3 is 0.674 bits per heavy atom. The van der Waals surface area contributed by atoms with Gasteiger partial charge in [0.05, 0.1) is 73.0 Å². The van der Waals surface area contributed by atoms with E-state index in [1.54, 1.807) is 76.3 Å². The van der Waals surface area contributed by atoms with E-state index in [1.807, 2.05) is 0 Å². The number of carbonyl (C=O) groups is 6. The minimum atomic E-state index is -1.47. The van der Waals surface area contributed by atoms with Crippen molar-refractivity contribution in [2.24, 2.45) is 0 Å². The van der Waals surface area contributed by atoms with Gasteiger partial charge in [-0.15, -0.1) is 0 Å². The molecule has 0 unspecified atom stereocenters. The van der Waals surface area contributed by atoms with Crippen LogP contribution in [0, 0.1) is 0 Å². The summed E-state index contributed by atoms with van der Waals surface area (Å²) in [6, 6.07) is 0. The van der Waals surface area contributed by atoms with E-state index in [2.05, 4.69) is 0 Å². The van der Waals surface area contributed by atoms with Crippen molar-refractivity contribution in [3.05, 3.63) is 68.2 Å². The molecular weight excluding hydrogens is 676 g/mol. The molecule has 16 heteroatoms. The smallest absolute Gasteiger partial charge is 0.339 e. The quantitative estimate of drug-likeness (QED) is 0.0854. The van der Waals surface area contributed by atoms with Gasteiger partial charge in [0, 0.05) is 6.99 Å². The lowest BCUT2D eigenvalue weighted by Crippen LogP contribution is -2.11. The minimum Gasteiger partial charge on any atom is -0.462 e. The number of hydrogen-bond acceptors (Lipinski definition) is 12. The van der Waals surface area contributed by atoms with Gasteiger partial charge in [-0.05, 0) is 76.3 Å². The first-order valence-corrected chi connectivity index (χ1v) is 22.5. The van der Waals surface area contributed by atoms with Gasteiger partial charge in [0.2, 0.25) is 0 Å². The summed E-state index contributed by atoms with van der Waals surface area (Å²) < 4.78 is 31.5. The summed E-state index contributed by atoms with van der Waals surface area (Å²) in [5.41, 5.74) is 0.309. The van der Waals surface area contributed by atoms with Gasteiger partial charge < -0.3 is 28.4 Å². The van der Waals surface area contributed by atoms with Gasteiger partial charge in [-0.3, -0.25) is 0 Å². The monoisotopic (exact) mass is 712 g/mol. The van der Waals surface area contributed by atoms with E-state index >= 15 is 0 Å². The van der Waals surface area contributed by atoms with Crippen LogP contribution in [0.3, 0.4) is 0 Å². The first-order chi connectivity index (χ1) is 22.1. The lowest BCUT2D eigenvalue weighted by atomic mass is 10.2. The van der Waals surface area contributed by atoms with Crippen LogP contribution in [0.5, 0.6) is 0 Å². The molecule has 3 aromatic rings. The van der Waals surface area contributed by atoms with Crippen LogP contribution in [0.4, 0.5) is 0 Å². The van der Waals surface area contributed by atoms with Crippen LogP contribution in [0.25, 0.3) is 0 Å². The second kappa shape index (κ2) is 17.5. The normalized spacial score (nSPS) is 10.8. The van der Waals surface area contributed by atoms with Crippen molar-refractivity contribution in [1.29, 1.82) is 0 Å². The fourth-order valence-corrected chi connectivity index (χ4v) is 26.9. The van der Waals surface area contributed by atoms with E-state index in [0.717, 1.165) is 0 Å². The Bertz CT molecular complexity index is 1310. The van der Waals surface area contributed by atoms with Crippen molar-refractivity contribution >= 4 is 64.5 Å². The van der Waals surface area contributed by atoms with Crippen molar-refractivity contribution in [3.8, 4) is 0 Å². The first kappa shape index (κ1) is 37.1. The standard InChI is InChI=1S/C30H36O12P4/c1-7-37-25(31)19-13-43(14-20(19)26(32)38-8-2)46(44-15-21(27(33)39-9-3)22(16-44)28(34)40-10-4)45-17-23(29(35)41-11-5)24(18-45)30(36)42-12-6/h13-18H,7-12H2,1-6H3. The zero-order valence-electron chi connectivity index (χ0n) is 26.4. The highest BCUT2D eigenvalue weighted by Crippen LogP contribution is 2.91. The van der Waals surface area contributed by atoms with Crippen molar-refractivity contribution in [1.82, 2.24) is 0 Å². The Kier molecular flexibility index (Phi) is 14.1. The molecule has 0 saturated heterocycles. The molecule has 0 saturated carbocycles. The van der Waals surface area contributed by atoms with E-state index in [0.29, 0.717) is 0 Å². The molecule has 0 N–H and O–H groups in total. The van der Waals surface area contributed by atoms with E-state index in [4.69, 9.17) is 28.4 Å². The lowest BCUT2D eigenvalue weighted by Gasteiger charge is -2.16. The average molecular weight is 713 g/mol. The summed E-state index contributed by atoms with van der Waals surface area (Å²) >= 11 is 0. The van der Waals surface area contributed by atoms with E-state index < -0.39 is 64.5 Å². The molecule has 3 rings (SSSR count). The molecule has 248 valence electrons. The summed E-state index contributed by atoms with van der Waals surface area (Å²) in [5.74, 6) is 5.88. The summed E-state index contributed by atoms with van der Waals surface area (Å²) in [6.45, 7) is 8.90. The molecule has 12 nitrogen and oxygen atoms in total. The maximum absolute atomic E-state index is 13.0. The molecular formula is C30H36O12P4. The Labute approximate surface area is 270 Å². The van der Waals surface area contributed by atoms with E-state index in [-0.39, 0.29) is 73.0 Å². The molecule has 0 amide bonds. The number of hydrogen-bond donors (Lipinski definition) is 0. The van der Waals surface area contributed by atoms with Crippen LogP contribution >= 0.6 is 28.7 Å². The predicted molar refractivity (Wildman–Crippen MR) is 176 cm³/mol. The Morgan fingerprint density at radius 2 is 0.543 bits per heavy atom. The molecule has 0 spiro atoms. The van der Waals surface area contributed by atoms with Crippen LogP contribution in [-0.2, 0) is 28.4 Å². The Morgan fingerprint density at radius 1 is 0.391 bits per heavy atom. The van der Waals surface area contributed by atoms with Crippen LogP contribution < -0.4 is 0 Å². The molecule has 0 aliphatic carbocycles. The van der Waals surface area contributed by atoms with Crippen LogP contribution in [-0.4, -0.2) is 75.5 Å². The number of esters is 6. The highest BCUT2D eigenvalue weighted by molar-refractivity contribution is 8.79. The SMILES string of the molecule is CCOC(=O)c1cp(P(p2cc(C(=O)OCC)c(C(=O)OCC)c2)p2cc(C(=O)OCC)c(C(=O)OCC)c2)cc1C(=O)OCC. The second-order valence-corrected chi connectivity index (χ2v) is 24.0. The van der Waals surface area contributed by atoms with Gasteiger partial charge in [0.1, 0.15) is 0 Å². The number of rotatable bonds is 15. The maximum atomic E-state index is 13.0. The third-order valence-electron chi connectivity index (χ3n) is 6.03. The molecule has 46 heavy (non-hydrogen) atoms.